The van der Waals surface area contributed by atoms with Crippen LogP contribution in [-0.2, 0) is 6.54 Å². The minimum absolute atomic E-state index is 0.381. The van der Waals surface area contributed by atoms with Gasteiger partial charge in [0.25, 0.3) is 5.19 Å². The summed E-state index contributed by atoms with van der Waals surface area (Å²) in [5.74, 6) is 0.416. The van der Waals surface area contributed by atoms with Crippen LogP contribution in [0.4, 0.5) is 0 Å². The Morgan fingerprint density at radius 1 is 1.15 bits per heavy atom. The van der Waals surface area contributed by atoms with Crippen LogP contribution in [0.2, 0.25) is 15.1 Å². The Kier molecular flexibility index (Phi) is 4.33. The predicted octanol–water partition coefficient (Wildman–Crippen LogP) is 4.54. The van der Waals surface area contributed by atoms with E-state index in [-0.39, 0.29) is 0 Å². The fourth-order valence-corrected chi connectivity index (χ4v) is 2.77. The average Bonchev–Trinajstić information content (AvgIpc) is 3.14. The third-order valence-electron chi connectivity index (χ3n) is 2.74. The average molecular weight is 351 g/mol. The monoisotopic (exact) mass is 349 g/mol. The van der Waals surface area contributed by atoms with Crippen LogP contribution < -0.4 is 10.1 Å². The summed E-state index contributed by atoms with van der Waals surface area (Å²) in [4.78, 5) is 0. The van der Waals surface area contributed by atoms with Crippen LogP contribution in [0.15, 0.2) is 12.1 Å². The number of nitrogens with one attached hydrogen (secondary N) is 1. The van der Waals surface area contributed by atoms with Crippen molar-refractivity contribution >= 4 is 46.1 Å². The molecular formula is C12H10Cl3N3OS. The first-order valence-corrected chi connectivity index (χ1v) is 7.95. The number of ether oxygens (including phenoxy) is 1. The molecule has 1 N–H and O–H groups in total. The normalized spacial score (nSPS) is 14.6. The van der Waals surface area contributed by atoms with E-state index in [1.807, 2.05) is 0 Å². The summed E-state index contributed by atoms with van der Waals surface area (Å²) < 4.78 is 5.59. The molecular weight excluding hydrogens is 341 g/mol. The van der Waals surface area contributed by atoms with Crippen molar-refractivity contribution in [1.29, 1.82) is 0 Å². The summed E-state index contributed by atoms with van der Waals surface area (Å²) in [5, 5.41) is 13.9. The minimum atomic E-state index is 0.381. The van der Waals surface area contributed by atoms with E-state index in [0.717, 1.165) is 5.01 Å². The van der Waals surface area contributed by atoms with Gasteiger partial charge in [-0.15, -0.1) is 5.10 Å². The van der Waals surface area contributed by atoms with Gasteiger partial charge in [-0.05, 0) is 18.9 Å². The van der Waals surface area contributed by atoms with Gasteiger partial charge < -0.3 is 10.1 Å². The first kappa shape index (κ1) is 14.4. The molecule has 0 saturated heterocycles. The van der Waals surface area contributed by atoms with Crippen molar-refractivity contribution < 1.29 is 4.74 Å². The van der Waals surface area contributed by atoms with Crippen LogP contribution in [0.5, 0.6) is 10.9 Å². The third kappa shape index (κ3) is 3.54. The second kappa shape index (κ2) is 6.03. The van der Waals surface area contributed by atoms with E-state index in [4.69, 9.17) is 39.5 Å². The maximum atomic E-state index is 6.05. The molecule has 2 aromatic rings. The first-order chi connectivity index (χ1) is 9.61. The number of rotatable bonds is 5. The molecule has 1 aliphatic carbocycles. The molecule has 1 saturated carbocycles. The summed E-state index contributed by atoms with van der Waals surface area (Å²) in [6, 6.07) is 3.74. The van der Waals surface area contributed by atoms with Gasteiger partial charge in [0.1, 0.15) is 5.01 Å². The Hall–Kier alpha value is -0.590. The molecule has 1 aromatic heterocycles. The molecule has 1 fully saturated rings. The Morgan fingerprint density at radius 3 is 2.65 bits per heavy atom. The van der Waals surface area contributed by atoms with Crippen LogP contribution in [0.3, 0.4) is 0 Å². The van der Waals surface area contributed by atoms with Crippen LogP contribution in [0.1, 0.15) is 17.8 Å². The summed E-state index contributed by atoms with van der Waals surface area (Å²) in [6.07, 6.45) is 2.47. The van der Waals surface area contributed by atoms with Crippen LogP contribution in [0, 0.1) is 0 Å². The van der Waals surface area contributed by atoms with Crippen molar-refractivity contribution in [2.45, 2.75) is 25.4 Å². The van der Waals surface area contributed by atoms with Crippen LogP contribution >= 0.6 is 46.1 Å². The smallest absolute Gasteiger partial charge is 0.299 e. The predicted molar refractivity (Wildman–Crippen MR) is 81.3 cm³/mol. The lowest BCUT2D eigenvalue weighted by atomic mass is 10.3. The van der Waals surface area contributed by atoms with E-state index in [1.54, 1.807) is 6.07 Å². The highest BCUT2D eigenvalue weighted by molar-refractivity contribution is 7.13. The van der Waals surface area contributed by atoms with E-state index in [1.165, 1.54) is 30.2 Å². The number of nitrogens with zero attached hydrogens (tertiary/aromatic N) is 2. The molecule has 0 aliphatic heterocycles. The van der Waals surface area contributed by atoms with Gasteiger partial charge in [-0.2, -0.15) is 0 Å². The van der Waals surface area contributed by atoms with E-state index in [2.05, 4.69) is 15.5 Å². The van der Waals surface area contributed by atoms with E-state index < -0.39 is 0 Å². The summed E-state index contributed by atoms with van der Waals surface area (Å²) >= 11 is 19.2. The lowest BCUT2D eigenvalue weighted by Crippen LogP contribution is -2.14. The number of benzene rings is 1. The molecule has 1 heterocycles. The van der Waals surface area contributed by atoms with Crippen LogP contribution in [0.25, 0.3) is 0 Å². The van der Waals surface area contributed by atoms with Crippen molar-refractivity contribution in [1.82, 2.24) is 15.5 Å². The largest absolute Gasteiger partial charge is 0.428 e. The van der Waals surface area contributed by atoms with Crippen LogP contribution in [-0.4, -0.2) is 16.2 Å². The molecule has 0 atom stereocenters. The summed E-state index contributed by atoms with van der Waals surface area (Å²) in [5.41, 5.74) is 0. The highest BCUT2D eigenvalue weighted by Gasteiger charge is 2.21. The zero-order valence-electron chi connectivity index (χ0n) is 10.2. The third-order valence-corrected chi connectivity index (χ3v) is 4.56. The first-order valence-electron chi connectivity index (χ1n) is 6.00. The zero-order valence-corrected chi connectivity index (χ0v) is 13.3. The number of hydrogen-bond acceptors (Lipinski definition) is 5. The van der Waals surface area contributed by atoms with Gasteiger partial charge in [-0.3, -0.25) is 0 Å². The SMILES string of the molecule is Clc1cc(Cl)c(Oc2nnc(CNC3CC3)s2)cc1Cl. The fraction of sp³-hybridized carbons (Fsp3) is 0.333. The molecule has 3 rings (SSSR count). The molecule has 0 radical (unpaired) electrons. The minimum Gasteiger partial charge on any atom is -0.428 e. The molecule has 8 heteroatoms. The molecule has 0 bridgehead atoms. The Morgan fingerprint density at radius 2 is 1.90 bits per heavy atom. The zero-order chi connectivity index (χ0) is 14.1. The van der Waals surface area contributed by atoms with Crippen molar-refractivity contribution in [3.05, 3.63) is 32.2 Å². The number of halogens is 3. The molecule has 4 nitrogen and oxygen atoms in total. The number of aromatic nitrogens is 2. The highest BCUT2D eigenvalue weighted by atomic mass is 35.5. The van der Waals surface area contributed by atoms with Crippen molar-refractivity contribution in [2.24, 2.45) is 0 Å². The van der Waals surface area contributed by atoms with E-state index >= 15 is 0 Å². The standard InChI is InChI=1S/C12H10Cl3N3OS/c13-7-3-9(15)10(4-8(7)14)19-12-18-17-11(20-12)5-16-6-1-2-6/h3-4,6,16H,1-2,5H2. The van der Waals surface area contributed by atoms with Crippen molar-refractivity contribution in [2.75, 3.05) is 0 Å². The Labute approximate surface area is 135 Å². The second-order valence-corrected chi connectivity index (χ2v) is 6.66. The summed E-state index contributed by atoms with van der Waals surface area (Å²) in [6.45, 7) is 0.709. The molecule has 1 aliphatic rings. The topological polar surface area (TPSA) is 47.0 Å². The van der Waals surface area contributed by atoms with Gasteiger partial charge in [0, 0.05) is 12.1 Å². The number of hydrogen-bond donors (Lipinski definition) is 1. The van der Waals surface area contributed by atoms with Crippen molar-refractivity contribution in [3.63, 3.8) is 0 Å². The molecule has 20 heavy (non-hydrogen) atoms. The lowest BCUT2D eigenvalue weighted by molar-refractivity contribution is 0.473. The van der Waals surface area contributed by atoms with E-state index in [9.17, 15) is 0 Å². The van der Waals surface area contributed by atoms with Gasteiger partial charge in [0.15, 0.2) is 5.75 Å². The maximum absolute atomic E-state index is 6.05. The molecule has 0 spiro atoms. The Balaban J connectivity index is 1.69. The maximum Gasteiger partial charge on any atom is 0.299 e. The van der Waals surface area contributed by atoms with E-state index in [0.29, 0.717) is 38.6 Å². The van der Waals surface area contributed by atoms with Gasteiger partial charge >= 0.3 is 0 Å². The molecule has 1 aromatic carbocycles. The van der Waals surface area contributed by atoms with Gasteiger partial charge in [0.05, 0.1) is 21.6 Å². The fourth-order valence-electron chi connectivity index (χ4n) is 1.55. The quantitative estimate of drug-likeness (QED) is 0.804. The highest BCUT2D eigenvalue weighted by Crippen LogP contribution is 2.37. The Bertz CT molecular complexity index is 630. The van der Waals surface area contributed by atoms with Gasteiger partial charge in [0.2, 0.25) is 0 Å². The molecule has 0 amide bonds. The van der Waals surface area contributed by atoms with Crippen molar-refractivity contribution in [3.8, 4) is 10.9 Å². The van der Waals surface area contributed by atoms with Gasteiger partial charge in [-0.25, -0.2) is 0 Å². The second-order valence-electron chi connectivity index (χ2n) is 4.42. The lowest BCUT2D eigenvalue weighted by Gasteiger charge is -2.05. The molecule has 0 unspecified atom stereocenters. The molecule has 106 valence electrons. The van der Waals surface area contributed by atoms with Gasteiger partial charge in [-0.1, -0.05) is 51.2 Å². The summed E-state index contributed by atoms with van der Waals surface area (Å²) in [7, 11) is 0.